The number of nitrogens with zero attached hydrogens (tertiary/aromatic N) is 1. The van der Waals surface area contributed by atoms with Crippen molar-refractivity contribution in [2.24, 2.45) is 0 Å². The normalized spacial score (nSPS) is 10.1. The first-order chi connectivity index (χ1) is 7.88. The number of hydrogen-bond acceptors (Lipinski definition) is 4. The van der Waals surface area contributed by atoms with Gasteiger partial charge < -0.3 is 4.74 Å². The van der Waals surface area contributed by atoms with Gasteiger partial charge in [-0.3, -0.25) is 14.9 Å². The second-order valence-electron chi connectivity index (χ2n) is 3.65. The SMILES string of the molecule is COC(=O)Cc1cc(C)c(Br)c([N+](=O)[O-])c1C. The zero-order chi connectivity index (χ0) is 13.2. The number of carbonyl (C=O) groups is 1. The summed E-state index contributed by atoms with van der Waals surface area (Å²) in [5, 5.41) is 11.0. The molecule has 0 N–H and O–H groups in total. The van der Waals surface area contributed by atoms with Crippen LogP contribution in [0.2, 0.25) is 0 Å². The fourth-order valence-corrected chi connectivity index (χ4v) is 2.12. The fourth-order valence-electron chi connectivity index (χ4n) is 1.56. The molecule has 1 rings (SSSR count). The summed E-state index contributed by atoms with van der Waals surface area (Å²) in [7, 11) is 1.29. The van der Waals surface area contributed by atoms with Crippen molar-refractivity contribution in [2.45, 2.75) is 20.3 Å². The highest BCUT2D eigenvalue weighted by molar-refractivity contribution is 9.10. The third-order valence-electron chi connectivity index (χ3n) is 2.53. The van der Waals surface area contributed by atoms with Crippen molar-refractivity contribution in [3.63, 3.8) is 0 Å². The van der Waals surface area contributed by atoms with E-state index in [9.17, 15) is 14.9 Å². The van der Waals surface area contributed by atoms with E-state index in [1.807, 2.05) is 0 Å². The molecule has 0 radical (unpaired) electrons. The molecule has 0 aromatic heterocycles. The van der Waals surface area contributed by atoms with Crippen LogP contribution in [0.5, 0.6) is 0 Å². The number of benzene rings is 1. The van der Waals surface area contributed by atoms with Gasteiger partial charge in [-0.15, -0.1) is 0 Å². The first-order valence-electron chi connectivity index (χ1n) is 4.88. The summed E-state index contributed by atoms with van der Waals surface area (Å²) in [4.78, 5) is 21.7. The Kier molecular flexibility index (Phi) is 4.22. The zero-order valence-corrected chi connectivity index (χ0v) is 11.3. The number of esters is 1. The lowest BCUT2D eigenvalue weighted by Crippen LogP contribution is -2.08. The van der Waals surface area contributed by atoms with Crippen LogP contribution >= 0.6 is 15.9 Å². The third kappa shape index (κ3) is 2.82. The number of halogens is 1. The molecule has 0 unspecified atom stereocenters. The molecular weight excluding hydrogens is 290 g/mol. The van der Waals surface area contributed by atoms with Crippen LogP contribution in [0.4, 0.5) is 5.69 Å². The van der Waals surface area contributed by atoms with Crippen LogP contribution in [0.3, 0.4) is 0 Å². The Bertz CT molecular complexity index is 485. The molecule has 0 aliphatic carbocycles. The molecule has 0 atom stereocenters. The van der Waals surface area contributed by atoms with Crippen molar-refractivity contribution in [3.05, 3.63) is 37.3 Å². The molecule has 0 bridgehead atoms. The van der Waals surface area contributed by atoms with Gasteiger partial charge in [-0.25, -0.2) is 0 Å². The highest BCUT2D eigenvalue weighted by Crippen LogP contribution is 2.34. The van der Waals surface area contributed by atoms with Gasteiger partial charge in [-0.1, -0.05) is 6.07 Å². The van der Waals surface area contributed by atoms with Crippen molar-refractivity contribution >= 4 is 27.6 Å². The number of ether oxygens (including phenoxy) is 1. The number of methoxy groups -OCH3 is 1. The number of hydrogen-bond donors (Lipinski definition) is 0. The first kappa shape index (κ1) is 13.6. The summed E-state index contributed by atoms with van der Waals surface area (Å²) in [6.45, 7) is 3.37. The topological polar surface area (TPSA) is 69.4 Å². The van der Waals surface area contributed by atoms with Crippen LogP contribution in [0.25, 0.3) is 0 Å². The van der Waals surface area contributed by atoms with E-state index in [2.05, 4.69) is 20.7 Å². The Morgan fingerprint density at radius 3 is 2.59 bits per heavy atom. The van der Waals surface area contributed by atoms with Crippen molar-refractivity contribution in [3.8, 4) is 0 Å². The zero-order valence-electron chi connectivity index (χ0n) is 9.74. The fraction of sp³-hybridized carbons (Fsp3) is 0.364. The third-order valence-corrected chi connectivity index (χ3v) is 3.53. The maximum atomic E-state index is 11.2. The minimum Gasteiger partial charge on any atom is -0.469 e. The van der Waals surface area contributed by atoms with Crippen LogP contribution in [-0.4, -0.2) is 18.0 Å². The summed E-state index contributed by atoms with van der Waals surface area (Å²) in [6, 6.07) is 1.75. The summed E-state index contributed by atoms with van der Waals surface area (Å²) in [6.07, 6.45) is 0.0390. The molecule has 0 saturated carbocycles. The largest absolute Gasteiger partial charge is 0.469 e. The van der Waals surface area contributed by atoms with Crippen LogP contribution in [0, 0.1) is 24.0 Å². The molecule has 92 valence electrons. The highest BCUT2D eigenvalue weighted by Gasteiger charge is 2.22. The lowest BCUT2D eigenvalue weighted by Gasteiger charge is -2.09. The first-order valence-corrected chi connectivity index (χ1v) is 5.67. The molecule has 6 heteroatoms. The Hall–Kier alpha value is -1.43. The Morgan fingerprint density at radius 2 is 2.12 bits per heavy atom. The lowest BCUT2D eigenvalue weighted by atomic mass is 10.0. The molecule has 0 amide bonds. The van der Waals surface area contributed by atoms with Crippen molar-refractivity contribution in [2.75, 3.05) is 7.11 Å². The van der Waals surface area contributed by atoms with Crippen molar-refractivity contribution < 1.29 is 14.5 Å². The van der Waals surface area contributed by atoms with E-state index in [-0.39, 0.29) is 12.1 Å². The van der Waals surface area contributed by atoms with E-state index in [4.69, 9.17) is 0 Å². The van der Waals surface area contributed by atoms with Gasteiger partial charge in [-0.05, 0) is 40.9 Å². The van der Waals surface area contributed by atoms with Gasteiger partial charge in [0.05, 0.1) is 22.9 Å². The number of aryl methyl sites for hydroxylation is 1. The van der Waals surface area contributed by atoms with Gasteiger partial charge in [0, 0.05) is 5.56 Å². The monoisotopic (exact) mass is 301 g/mol. The number of rotatable bonds is 3. The second kappa shape index (κ2) is 5.27. The number of nitro groups is 1. The van der Waals surface area contributed by atoms with E-state index >= 15 is 0 Å². The summed E-state index contributed by atoms with van der Waals surface area (Å²) in [5.41, 5.74) is 1.83. The summed E-state index contributed by atoms with van der Waals surface area (Å²) >= 11 is 3.19. The predicted molar refractivity (Wildman–Crippen MR) is 66.0 cm³/mol. The average molecular weight is 302 g/mol. The van der Waals surface area contributed by atoms with Gasteiger partial charge in [-0.2, -0.15) is 0 Å². The van der Waals surface area contributed by atoms with E-state index < -0.39 is 10.9 Å². The predicted octanol–water partition coefficient (Wildman–Crippen LogP) is 2.69. The van der Waals surface area contributed by atoms with Gasteiger partial charge >= 0.3 is 5.97 Å². The van der Waals surface area contributed by atoms with Crippen LogP contribution in [-0.2, 0) is 16.0 Å². The quantitative estimate of drug-likeness (QED) is 0.489. The summed E-state index contributed by atoms with van der Waals surface area (Å²) < 4.78 is 5.01. The Morgan fingerprint density at radius 1 is 1.53 bits per heavy atom. The standard InChI is InChI=1S/C11H12BrNO4/c1-6-4-8(5-9(14)17-3)7(2)11(10(6)12)13(15)16/h4H,5H2,1-3H3. The Labute approximate surface area is 107 Å². The van der Waals surface area contributed by atoms with E-state index in [0.29, 0.717) is 15.6 Å². The van der Waals surface area contributed by atoms with Crippen LogP contribution in [0.1, 0.15) is 16.7 Å². The lowest BCUT2D eigenvalue weighted by molar-refractivity contribution is -0.386. The van der Waals surface area contributed by atoms with Crippen molar-refractivity contribution in [1.29, 1.82) is 0 Å². The van der Waals surface area contributed by atoms with Gasteiger partial charge in [0.1, 0.15) is 0 Å². The molecular formula is C11H12BrNO4. The maximum Gasteiger partial charge on any atom is 0.309 e. The van der Waals surface area contributed by atoms with Gasteiger partial charge in [0.25, 0.3) is 5.69 Å². The van der Waals surface area contributed by atoms with E-state index in [1.54, 1.807) is 19.9 Å². The van der Waals surface area contributed by atoms with Gasteiger partial charge in [0.15, 0.2) is 0 Å². The minimum absolute atomic E-state index is 0.00361. The molecule has 0 aliphatic rings. The molecule has 5 nitrogen and oxygen atoms in total. The number of nitro benzene ring substituents is 1. The van der Waals surface area contributed by atoms with Crippen LogP contribution in [0.15, 0.2) is 10.5 Å². The summed E-state index contributed by atoms with van der Waals surface area (Å²) in [5.74, 6) is -0.413. The highest BCUT2D eigenvalue weighted by atomic mass is 79.9. The smallest absolute Gasteiger partial charge is 0.309 e. The van der Waals surface area contributed by atoms with Crippen LogP contribution < -0.4 is 0 Å². The molecule has 0 fully saturated rings. The molecule has 0 spiro atoms. The van der Waals surface area contributed by atoms with Gasteiger partial charge in [0.2, 0.25) is 0 Å². The maximum absolute atomic E-state index is 11.2. The minimum atomic E-state index is -0.451. The van der Waals surface area contributed by atoms with E-state index in [1.165, 1.54) is 7.11 Å². The van der Waals surface area contributed by atoms with E-state index in [0.717, 1.165) is 5.56 Å². The Balaban J connectivity index is 3.34. The molecule has 17 heavy (non-hydrogen) atoms. The molecule has 1 aromatic carbocycles. The molecule has 0 heterocycles. The van der Waals surface area contributed by atoms with Crippen molar-refractivity contribution in [1.82, 2.24) is 0 Å². The molecule has 1 aromatic rings. The number of carbonyl (C=O) groups excluding carboxylic acids is 1. The average Bonchev–Trinajstić information content (AvgIpc) is 2.25. The molecule has 0 saturated heterocycles. The molecule has 0 aliphatic heterocycles. The second-order valence-corrected chi connectivity index (χ2v) is 4.44.